The van der Waals surface area contributed by atoms with E-state index in [0.29, 0.717) is 28.8 Å². The summed E-state index contributed by atoms with van der Waals surface area (Å²) in [6.45, 7) is 6.91. The average molecular weight is 289 g/mol. The third-order valence-electron chi connectivity index (χ3n) is 4.10. The minimum absolute atomic E-state index is 0.190. The lowest BCUT2D eigenvalue weighted by atomic mass is 9.71. The second-order valence-electron chi connectivity index (χ2n) is 6.86. The lowest BCUT2D eigenvalue weighted by molar-refractivity contribution is 0.0543. The van der Waals surface area contributed by atoms with Crippen molar-refractivity contribution in [3.05, 3.63) is 6.33 Å². The maximum absolute atomic E-state index is 6.21. The molecule has 2 atom stereocenters. The molecule has 0 saturated heterocycles. The fourth-order valence-electron chi connectivity index (χ4n) is 3.51. The number of H-pyrrole nitrogens is 1. The monoisotopic (exact) mass is 289 g/mol. The number of fused-ring (bicyclic) bond motifs is 1. The van der Waals surface area contributed by atoms with Gasteiger partial charge in [-0.3, -0.25) is 0 Å². The molecule has 2 unspecified atom stereocenters. The normalized spacial score (nSPS) is 25.0. The zero-order valence-electron chi connectivity index (χ0n) is 13.1. The lowest BCUT2D eigenvalue weighted by Gasteiger charge is -2.38. The summed E-state index contributed by atoms with van der Waals surface area (Å²) < 4.78 is 6.21. The van der Waals surface area contributed by atoms with E-state index in [1.807, 2.05) is 0 Å². The van der Waals surface area contributed by atoms with Crippen molar-refractivity contribution in [1.29, 1.82) is 0 Å². The number of nitrogens with zero attached hydrogens (tertiary/aromatic N) is 3. The molecule has 1 aliphatic rings. The molecular weight excluding hydrogens is 266 g/mol. The first kappa shape index (κ1) is 14.1. The number of ether oxygens (including phenoxy) is 1. The van der Waals surface area contributed by atoms with Crippen molar-refractivity contribution in [3.8, 4) is 5.88 Å². The van der Waals surface area contributed by atoms with Crippen LogP contribution in [0.3, 0.4) is 0 Å². The Labute approximate surface area is 124 Å². The first-order valence-corrected chi connectivity index (χ1v) is 7.52. The summed E-state index contributed by atoms with van der Waals surface area (Å²) in [6.07, 6.45) is 5.18. The summed E-state index contributed by atoms with van der Waals surface area (Å²) in [6, 6.07) is 0. The number of rotatable bonds is 3. The number of imidazole rings is 1. The number of nitrogens with one attached hydrogen (secondary N) is 2. The van der Waals surface area contributed by atoms with Gasteiger partial charge in [0.1, 0.15) is 11.6 Å². The van der Waals surface area contributed by atoms with E-state index in [9.17, 15) is 0 Å². The highest BCUT2D eigenvalue weighted by Gasteiger charge is 2.33. The summed E-state index contributed by atoms with van der Waals surface area (Å²) >= 11 is 0. The molecule has 6 nitrogen and oxygen atoms in total. The van der Waals surface area contributed by atoms with Gasteiger partial charge >= 0.3 is 0 Å². The number of anilines is 1. The molecule has 1 aliphatic carbocycles. The average Bonchev–Trinajstić information content (AvgIpc) is 2.84. The standard InChI is InChI=1S/C15H23N5O/c1-9-5-10(7-15(2,3)6-9)21-13-11-12(18-8-17-11)19-14(16-4)20-13/h8-10H,5-7H2,1-4H3,(H2,16,17,18,19,20). The lowest BCUT2D eigenvalue weighted by Crippen LogP contribution is -2.34. The minimum Gasteiger partial charge on any atom is -0.473 e. The Kier molecular flexibility index (Phi) is 3.47. The third kappa shape index (κ3) is 2.94. The molecule has 114 valence electrons. The molecule has 0 aromatic carbocycles. The maximum Gasteiger partial charge on any atom is 0.245 e. The van der Waals surface area contributed by atoms with Crippen molar-refractivity contribution in [3.63, 3.8) is 0 Å². The Morgan fingerprint density at radius 2 is 2.14 bits per heavy atom. The highest BCUT2D eigenvalue weighted by atomic mass is 16.5. The van der Waals surface area contributed by atoms with Crippen LogP contribution in [0, 0.1) is 11.3 Å². The fourth-order valence-corrected chi connectivity index (χ4v) is 3.51. The summed E-state index contributed by atoms with van der Waals surface area (Å²) in [4.78, 5) is 16.0. The summed E-state index contributed by atoms with van der Waals surface area (Å²) in [5.74, 6) is 1.80. The first-order chi connectivity index (χ1) is 9.97. The van der Waals surface area contributed by atoms with Crippen molar-refractivity contribution in [2.45, 2.75) is 46.1 Å². The molecule has 21 heavy (non-hydrogen) atoms. The molecule has 0 amide bonds. The Balaban J connectivity index is 1.88. The topological polar surface area (TPSA) is 75.7 Å². The van der Waals surface area contributed by atoms with E-state index in [0.717, 1.165) is 18.4 Å². The SMILES string of the molecule is CNc1nc(OC2CC(C)CC(C)(C)C2)c2[nH]cnc2n1. The summed E-state index contributed by atoms with van der Waals surface area (Å²) in [5.41, 5.74) is 1.71. The van der Waals surface area contributed by atoms with Gasteiger partial charge in [-0.25, -0.2) is 4.98 Å². The van der Waals surface area contributed by atoms with E-state index >= 15 is 0 Å². The zero-order valence-corrected chi connectivity index (χ0v) is 13.1. The molecule has 0 aliphatic heterocycles. The Hall–Kier alpha value is -1.85. The van der Waals surface area contributed by atoms with Crippen molar-refractivity contribution < 1.29 is 4.74 Å². The van der Waals surface area contributed by atoms with Gasteiger partial charge in [-0.1, -0.05) is 20.8 Å². The van der Waals surface area contributed by atoms with Gasteiger partial charge in [0.25, 0.3) is 0 Å². The van der Waals surface area contributed by atoms with Crippen LogP contribution >= 0.6 is 0 Å². The van der Waals surface area contributed by atoms with Crippen molar-refractivity contribution in [2.24, 2.45) is 11.3 Å². The molecule has 0 radical (unpaired) electrons. The Morgan fingerprint density at radius 3 is 2.86 bits per heavy atom. The van der Waals surface area contributed by atoms with Crippen LogP contribution in [-0.2, 0) is 0 Å². The molecule has 1 fully saturated rings. The van der Waals surface area contributed by atoms with E-state index in [4.69, 9.17) is 4.74 Å². The third-order valence-corrected chi connectivity index (χ3v) is 4.10. The van der Waals surface area contributed by atoms with Crippen molar-refractivity contribution in [1.82, 2.24) is 19.9 Å². The van der Waals surface area contributed by atoms with Crippen LogP contribution in [0.2, 0.25) is 0 Å². The van der Waals surface area contributed by atoms with Gasteiger partial charge in [-0.15, -0.1) is 0 Å². The van der Waals surface area contributed by atoms with E-state index in [2.05, 4.69) is 46.0 Å². The number of hydrogen-bond acceptors (Lipinski definition) is 5. The molecule has 0 bridgehead atoms. The van der Waals surface area contributed by atoms with Crippen LogP contribution in [0.1, 0.15) is 40.0 Å². The molecule has 2 aromatic rings. The Bertz CT molecular complexity index is 636. The maximum atomic E-state index is 6.21. The number of aromatic amines is 1. The van der Waals surface area contributed by atoms with Gasteiger partial charge in [0, 0.05) is 7.05 Å². The van der Waals surface area contributed by atoms with Crippen molar-refractivity contribution in [2.75, 3.05) is 12.4 Å². The van der Waals surface area contributed by atoms with Gasteiger partial charge in [0.05, 0.1) is 6.33 Å². The highest BCUT2D eigenvalue weighted by molar-refractivity contribution is 5.76. The first-order valence-electron chi connectivity index (χ1n) is 7.52. The molecular formula is C15H23N5O. The smallest absolute Gasteiger partial charge is 0.245 e. The van der Waals surface area contributed by atoms with E-state index in [1.165, 1.54) is 6.42 Å². The number of hydrogen-bond donors (Lipinski definition) is 2. The molecule has 0 spiro atoms. The predicted octanol–water partition coefficient (Wildman–Crippen LogP) is 2.99. The second kappa shape index (κ2) is 5.16. The number of aromatic nitrogens is 4. The van der Waals surface area contributed by atoms with Gasteiger partial charge < -0.3 is 15.0 Å². The van der Waals surface area contributed by atoms with Gasteiger partial charge in [0.15, 0.2) is 5.65 Å². The molecule has 2 N–H and O–H groups in total. The zero-order chi connectivity index (χ0) is 15.0. The quantitative estimate of drug-likeness (QED) is 0.908. The van der Waals surface area contributed by atoms with Crippen LogP contribution in [0.15, 0.2) is 6.33 Å². The van der Waals surface area contributed by atoms with Gasteiger partial charge in [-0.05, 0) is 30.6 Å². The fraction of sp³-hybridized carbons (Fsp3) is 0.667. The van der Waals surface area contributed by atoms with Gasteiger partial charge in [0.2, 0.25) is 11.8 Å². The van der Waals surface area contributed by atoms with Gasteiger partial charge in [-0.2, -0.15) is 9.97 Å². The van der Waals surface area contributed by atoms with Crippen LogP contribution in [-0.4, -0.2) is 33.1 Å². The Morgan fingerprint density at radius 1 is 1.33 bits per heavy atom. The van der Waals surface area contributed by atoms with Crippen molar-refractivity contribution >= 4 is 17.1 Å². The van der Waals surface area contributed by atoms with Crippen LogP contribution in [0.25, 0.3) is 11.2 Å². The molecule has 1 saturated carbocycles. The van der Waals surface area contributed by atoms with E-state index in [-0.39, 0.29) is 6.10 Å². The molecule has 2 aromatic heterocycles. The highest BCUT2D eigenvalue weighted by Crippen LogP contribution is 2.40. The largest absolute Gasteiger partial charge is 0.473 e. The summed E-state index contributed by atoms with van der Waals surface area (Å²) in [5, 5.41) is 2.96. The minimum atomic E-state index is 0.190. The predicted molar refractivity (Wildman–Crippen MR) is 82.4 cm³/mol. The second-order valence-corrected chi connectivity index (χ2v) is 6.86. The molecule has 2 heterocycles. The van der Waals surface area contributed by atoms with E-state index < -0.39 is 0 Å². The van der Waals surface area contributed by atoms with Crippen LogP contribution in [0.5, 0.6) is 5.88 Å². The summed E-state index contributed by atoms with van der Waals surface area (Å²) in [7, 11) is 1.80. The van der Waals surface area contributed by atoms with Crippen LogP contribution in [0.4, 0.5) is 5.95 Å². The molecule has 3 rings (SSSR count). The molecule has 6 heteroatoms. The van der Waals surface area contributed by atoms with E-state index in [1.54, 1.807) is 13.4 Å². The van der Waals surface area contributed by atoms with Crippen LogP contribution < -0.4 is 10.1 Å².